The summed E-state index contributed by atoms with van der Waals surface area (Å²) in [5, 5.41) is 2.10. The molecule has 1 aromatic carbocycles. The van der Waals surface area contributed by atoms with Crippen LogP contribution in [0.25, 0.3) is 21.8 Å². The topological polar surface area (TPSA) is 30.2 Å². The van der Waals surface area contributed by atoms with Crippen molar-refractivity contribution in [1.82, 2.24) is 14.0 Å². The fraction of sp³-hybridized carbons (Fsp3) is 0.500. The van der Waals surface area contributed by atoms with Gasteiger partial charge in [-0.05, 0) is 57.2 Å². The lowest BCUT2D eigenvalue weighted by Gasteiger charge is -2.37. The van der Waals surface area contributed by atoms with Gasteiger partial charge in [0.15, 0.2) is 0 Å². The number of hydrogen-bond acceptors (Lipinski definition) is 2. The van der Waals surface area contributed by atoms with E-state index in [4.69, 9.17) is 0 Å². The Labute approximate surface area is 153 Å². The van der Waals surface area contributed by atoms with Gasteiger partial charge in [-0.25, -0.2) is 0 Å². The smallest absolute Gasteiger partial charge is 0.260 e. The van der Waals surface area contributed by atoms with Crippen molar-refractivity contribution in [1.29, 1.82) is 0 Å². The van der Waals surface area contributed by atoms with Crippen LogP contribution in [-0.2, 0) is 13.0 Å². The van der Waals surface area contributed by atoms with Crippen LogP contribution >= 0.6 is 0 Å². The van der Waals surface area contributed by atoms with E-state index >= 15 is 0 Å². The third-order valence-electron chi connectivity index (χ3n) is 7.31. The van der Waals surface area contributed by atoms with Crippen LogP contribution in [0.5, 0.6) is 0 Å². The van der Waals surface area contributed by atoms with Crippen LogP contribution in [0.1, 0.15) is 43.7 Å². The molecule has 5 heterocycles. The van der Waals surface area contributed by atoms with E-state index in [0.717, 1.165) is 43.0 Å². The van der Waals surface area contributed by atoms with Crippen LogP contribution in [0.15, 0.2) is 35.3 Å². The maximum absolute atomic E-state index is 13.6. The number of hydrogen-bond donors (Lipinski definition) is 0. The van der Waals surface area contributed by atoms with E-state index in [9.17, 15) is 4.79 Å². The van der Waals surface area contributed by atoms with Crippen molar-refractivity contribution in [2.45, 2.75) is 63.2 Å². The lowest BCUT2D eigenvalue weighted by molar-refractivity contribution is 0.136. The largest absolute Gasteiger partial charge is 0.340 e. The quantitative estimate of drug-likeness (QED) is 0.672. The Balaban J connectivity index is 1.61. The lowest BCUT2D eigenvalue weighted by Crippen LogP contribution is -2.42. The number of aryl methyl sites for hydroxylation is 2. The summed E-state index contributed by atoms with van der Waals surface area (Å²) in [6, 6.07) is 10.1. The second kappa shape index (κ2) is 5.23. The molecular weight excluding hydrogens is 322 g/mol. The summed E-state index contributed by atoms with van der Waals surface area (Å²) in [5.41, 5.74) is 4.03. The minimum absolute atomic E-state index is 0.231. The molecule has 0 saturated carbocycles. The van der Waals surface area contributed by atoms with E-state index in [1.165, 1.54) is 29.4 Å². The highest BCUT2D eigenvalue weighted by molar-refractivity contribution is 6.08. The van der Waals surface area contributed by atoms with E-state index in [1.54, 1.807) is 0 Å². The van der Waals surface area contributed by atoms with Gasteiger partial charge in [-0.3, -0.25) is 4.79 Å². The SMILES string of the molecule is CN1C2CCC1CC(n1cc3c4c(c1=O)c1ccccc1n4CCC3)C2. The van der Waals surface area contributed by atoms with Gasteiger partial charge in [0.2, 0.25) is 0 Å². The standard InChI is InChI=1S/C22H25N3O/c1-23-15-8-9-16(23)12-17(11-15)25-13-14-5-4-10-24-19-7-3-2-6-18(19)20(21(14)24)22(25)26/h2-3,6-7,13,15-17H,4-5,8-12H2,1H3. The van der Waals surface area contributed by atoms with Gasteiger partial charge >= 0.3 is 0 Å². The van der Waals surface area contributed by atoms with Crippen molar-refractivity contribution in [3.63, 3.8) is 0 Å². The fourth-order valence-electron chi connectivity index (χ4n) is 5.99. The Morgan fingerprint density at radius 1 is 1.04 bits per heavy atom. The van der Waals surface area contributed by atoms with Crippen molar-refractivity contribution in [2.24, 2.45) is 0 Å². The predicted molar refractivity (Wildman–Crippen MR) is 105 cm³/mol. The Kier molecular flexibility index (Phi) is 3.02. The fourth-order valence-corrected chi connectivity index (χ4v) is 5.99. The summed E-state index contributed by atoms with van der Waals surface area (Å²) in [6.07, 6.45) is 9.30. The van der Waals surface area contributed by atoms with Crippen molar-refractivity contribution >= 4 is 21.8 Å². The normalized spacial score (nSPS) is 28.3. The number of piperidine rings is 1. The Bertz CT molecular complexity index is 1080. The van der Waals surface area contributed by atoms with Crippen LogP contribution in [0.3, 0.4) is 0 Å². The first kappa shape index (κ1) is 15.0. The van der Waals surface area contributed by atoms with Gasteiger partial charge < -0.3 is 14.0 Å². The molecule has 3 aliphatic heterocycles. The third-order valence-corrected chi connectivity index (χ3v) is 7.31. The zero-order chi connectivity index (χ0) is 17.4. The molecular formula is C22H25N3O. The third kappa shape index (κ3) is 1.86. The molecule has 2 saturated heterocycles. The van der Waals surface area contributed by atoms with E-state index in [-0.39, 0.29) is 5.56 Å². The Morgan fingerprint density at radius 2 is 1.81 bits per heavy atom. The lowest BCUT2D eigenvalue weighted by atomic mass is 9.96. The number of fused-ring (bicyclic) bond motifs is 5. The van der Waals surface area contributed by atoms with Gasteiger partial charge in [0.05, 0.1) is 10.9 Å². The maximum Gasteiger partial charge on any atom is 0.260 e. The molecule has 2 aromatic heterocycles. The van der Waals surface area contributed by atoms with Crippen molar-refractivity contribution in [3.05, 3.63) is 46.4 Å². The van der Waals surface area contributed by atoms with Gasteiger partial charge in [0, 0.05) is 41.8 Å². The molecule has 0 amide bonds. The molecule has 2 bridgehead atoms. The average Bonchev–Trinajstić information content (AvgIpc) is 3.08. The molecule has 0 N–H and O–H groups in total. The minimum Gasteiger partial charge on any atom is -0.340 e. The highest BCUT2D eigenvalue weighted by Gasteiger charge is 2.39. The molecule has 0 aliphatic carbocycles. The number of benzene rings is 1. The van der Waals surface area contributed by atoms with Crippen molar-refractivity contribution < 1.29 is 0 Å². The number of pyridine rings is 1. The van der Waals surface area contributed by atoms with Crippen LogP contribution < -0.4 is 5.56 Å². The molecule has 134 valence electrons. The molecule has 26 heavy (non-hydrogen) atoms. The van der Waals surface area contributed by atoms with Crippen molar-refractivity contribution in [2.75, 3.05) is 7.05 Å². The molecule has 3 aromatic rings. The van der Waals surface area contributed by atoms with Crippen LogP contribution in [0.4, 0.5) is 0 Å². The second-order valence-electron chi connectivity index (χ2n) is 8.54. The van der Waals surface area contributed by atoms with E-state index in [2.05, 4.69) is 51.5 Å². The molecule has 0 radical (unpaired) electrons. The first-order valence-corrected chi connectivity index (χ1v) is 10.1. The maximum atomic E-state index is 13.6. The minimum atomic E-state index is 0.231. The average molecular weight is 347 g/mol. The Hall–Kier alpha value is -2.07. The number of rotatable bonds is 1. The molecule has 0 spiro atoms. The first-order valence-electron chi connectivity index (χ1n) is 10.1. The van der Waals surface area contributed by atoms with Gasteiger partial charge in [-0.15, -0.1) is 0 Å². The second-order valence-corrected chi connectivity index (χ2v) is 8.54. The highest BCUT2D eigenvalue weighted by Crippen LogP contribution is 2.40. The van der Waals surface area contributed by atoms with Crippen LogP contribution in [0.2, 0.25) is 0 Å². The van der Waals surface area contributed by atoms with Gasteiger partial charge in [-0.2, -0.15) is 0 Å². The molecule has 3 aliphatic rings. The molecule has 4 nitrogen and oxygen atoms in total. The zero-order valence-electron chi connectivity index (χ0n) is 15.3. The zero-order valence-corrected chi connectivity index (χ0v) is 15.3. The van der Waals surface area contributed by atoms with E-state index in [0.29, 0.717) is 18.1 Å². The molecule has 2 unspecified atom stereocenters. The Morgan fingerprint density at radius 3 is 2.62 bits per heavy atom. The molecule has 6 rings (SSSR count). The number of aromatic nitrogens is 2. The van der Waals surface area contributed by atoms with E-state index in [1.807, 2.05) is 0 Å². The summed E-state index contributed by atoms with van der Waals surface area (Å²) in [5.74, 6) is 0. The number of nitrogens with zero attached hydrogens (tertiary/aromatic N) is 3. The highest BCUT2D eigenvalue weighted by atomic mass is 16.1. The van der Waals surface area contributed by atoms with Crippen LogP contribution in [-0.4, -0.2) is 33.2 Å². The summed E-state index contributed by atoms with van der Waals surface area (Å²) in [7, 11) is 2.27. The summed E-state index contributed by atoms with van der Waals surface area (Å²) in [4.78, 5) is 16.2. The monoisotopic (exact) mass is 347 g/mol. The van der Waals surface area contributed by atoms with Gasteiger partial charge in [0.1, 0.15) is 0 Å². The molecule has 2 fully saturated rings. The molecule has 4 heteroatoms. The van der Waals surface area contributed by atoms with Crippen molar-refractivity contribution in [3.8, 4) is 0 Å². The number of para-hydroxylation sites is 1. The molecule has 2 atom stereocenters. The van der Waals surface area contributed by atoms with Gasteiger partial charge in [-0.1, -0.05) is 18.2 Å². The summed E-state index contributed by atoms with van der Waals surface area (Å²) in [6.45, 7) is 1.03. The van der Waals surface area contributed by atoms with E-state index < -0.39 is 0 Å². The van der Waals surface area contributed by atoms with Crippen LogP contribution in [0, 0.1) is 0 Å². The summed E-state index contributed by atoms with van der Waals surface area (Å²) >= 11 is 0. The van der Waals surface area contributed by atoms with Gasteiger partial charge in [0.25, 0.3) is 5.56 Å². The predicted octanol–water partition coefficient (Wildman–Crippen LogP) is 3.70. The summed E-state index contributed by atoms with van der Waals surface area (Å²) < 4.78 is 4.51. The first-order chi connectivity index (χ1) is 12.7.